The molecule has 0 aliphatic rings. The van der Waals surface area contributed by atoms with Crippen LogP contribution in [0.3, 0.4) is 0 Å². The molecule has 0 radical (unpaired) electrons. The number of hydrogen-bond donors (Lipinski definition) is 1. The highest BCUT2D eigenvalue weighted by Gasteiger charge is 2.10. The molecule has 2 aromatic carbocycles. The molecule has 1 N–H and O–H groups in total. The molecule has 4 nitrogen and oxygen atoms in total. The summed E-state index contributed by atoms with van der Waals surface area (Å²) >= 11 is 3.57. The molecule has 0 aliphatic heterocycles. The van der Waals surface area contributed by atoms with Crippen LogP contribution in [0.5, 0.6) is 11.5 Å². The van der Waals surface area contributed by atoms with Crippen LogP contribution in [0, 0.1) is 0 Å². The van der Waals surface area contributed by atoms with E-state index in [1.807, 2.05) is 30.3 Å². The molecule has 118 valence electrons. The van der Waals surface area contributed by atoms with Crippen LogP contribution in [0.4, 0.5) is 5.69 Å². The first kappa shape index (κ1) is 16.6. The number of hydrogen-bond acceptors (Lipinski definition) is 4. The number of methoxy groups -OCH3 is 3. The molecule has 0 bridgehead atoms. The minimum atomic E-state index is 0.580. The second kappa shape index (κ2) is 8.06. The SMILES string of the molecule is COCc1ccccc1NCc1cc(OC)c(OC)cc1Br. The van der Waals surface area contributed by atoms with Crippen molar-refractivity contribution in [2.24, 2.45) is 0 Å². The number of rotatable bonds is 7. The molecule has 0 amide bonds. The Hall–Kier alpha value is -1.72. The molecular formula is C17H20BrNO3. The summed E-state index contributed by atoms with van der Waals surface area (Å²) in [6.45, 7) is 1.25. The molecule has 0 aliphatic carbocycles. The van der Waals surface area contributed by atoms with Gasteiger partial charge >= 0.3 is 0 Å². The Morgan fingerprint density at radius 3 is 2.32 bits per heavy atom. The Balaban J connectivity index is 2.18. The van der Waals surface area contributed by atoms with Gasteiger partial charge in [-0.05, 0) is 23.8 Å². The van der Waals surface area contributed by atoms with E-state index < -0.39 is 0 Å². The van der Waals surface area contributed by atoms with Crippen molar-refractivity contribution in [3.8, 4) is 11.5 Å². The third-order valence-corrected chi connectivity index (χ3v) is 4.08. The van der Waals surface area contributed by atoms with E-state index in [1.54, 1.807) is 21.3 Å². The summed E-state index contributed by atoms with van der Waals surface area (Å²) in [7, 11) is 4.96. The van der Waals surface area contributed by atoms with Gasteiger partial charge in [-0.2, -0.15) is 0 Å². The quantitative estimate of drug-likeness (QED) is 0.796. The molecule has 0 fully saturated rings. The number of benzene rings is 2. The van der Waals surface area contributed by atoms with Crippen molar-refractivity contribution < 1.29 is 14.2 Å². The van der Waals surface area contributed by atoms with E-state index in [2.05, 4.69) is 27.3 Å². The largest absolute Gasteiger partial charge is 0.493 e. The van der Waals surface area contributed by atoms with Gasteiger partial charge in [0.2, 0.25) is 0 Å². The van der Waals surface area contributed by atoms with E-state index in [4.69, 9.17) is 14.2 Å². The van der Waals surface area contributed by atoms with E-state index in [0.717, 1.165) is 21.3 Å². The monoisotopic (exact) mass is 365 g/mol. The van der Waals surface area contributed by atoms with Crippen LogP contribution in [-0.2, 0) is 17.9 Å². The number of para-hydroxylation sites is 1. The Kier molecular flexibility index (Phi) is 6.10. The lowest BCUT2D eigenvalue weighted by Crippen LogP contribution is -2.04. The van der Waals surface area contributed by atoms with Gasteiger partial charge in [0.1, 0.15) is 0 Å². The summed E-state index contributed by atoms with van der Waals surface area (Å²) in [5, 5.41) is 3.44. The van der Waals surface area contributed by atoms with Crippen LogP contribution < -0.4 is 14.8 Å². The molecule has 2 rings (SSSR count). The Morgan fingerprint density at radius 2 is 1.64 bits per heavy atom. The van der Waals surface area contributed by atoms with Crippen molar-refractivity contribution in [3.05, 3.63) is 52.0 Å². The van der Waals surface area contributed by atoms with Crippen LogP contribution >= 0.6 is 15.9 Å². The van der Waals surface area contributed by atoms with Gasteiger partial charge in [0, 0.05) is 29.4 Å². The minimum Gasteiger partial charge on any atom is -0.493 e. The topological polar surface area (TPSA) is 39.7 Å². The van der Waals surface area contributed by atoms with Crippen molar-refractivity contribution in [1.29, 1.82) is 0 Å². The Bertz CT molecular complexity index is 631. The molecule has 0 heterocycles. The molecule has 0 unspecified atom stereocenters. The van der Waals surface area contributed by atoms with Gasteiger partial charge in [0.25, 0.3) is 0 Å². The zero-order chi connectivity index (χ0) is 15.9. The minimum absolute atomic E-state index is 0.580. The fraction of sp³-hybridized carbons (Fsp3) is 0.294. The van der Waals surface area contributed by atoms with E-state index in [0.29, 0.717) is 24.7 Å². The van der Waals surface area contributed by atoms with Gasteiger partial charge < -0.3 is 19.5 Å². The maximum Gasteiger partial charge on any atom is 0.161 e. The molecule has 5 heteroatoms. The summed E-state index contributed by atoms with van der Waals surface area (Å²) in [5.41, 5.74) is 3.28. The fourth-order valence-corrected chi connectivity index (χ4v) is 2.66. The first-order chi connectivity index (χ1) is 10.7. The molecule has 0 spiro atoms. The van der Waals surface area contributed by atoms with Crippen molar-refractivity contribution in [2.45, 2.75) is 13.2 Å². The molecule has 0 saturated heterocycles. The first-order valence-corrected chi connectivity index (χ1v) is 7.70. The van der Waals surface area contributed by atoms with Gasteiger partial charge in [-0.25, -0.2) is 0 Å². The summed E-state index contributed by atoms with van der Waals surface area (Å²) in [4.78, 5) is 0. The maximum absolute atomic E-state index is 5.35. The molecule has 22 heavy (non-hydrogen) atoms. The molecule has 0 saturated carbocycles. The first-order valence-electron chi connectivity index (χ1n) is 6.90. The maximum atomic E-state index is 5.35. The molecule has 0 aromatic heterocycles. The highest BCUT2D eigenvalue weighted by molar-refractivity contribution is 9.10. The summed E-state index contributed by atoms with van der Waals surface area (Å²) < 4.78 is 16.8. The van der Waals surface area contributed by atoms with Gasteiger partial charge in [0.05, 0.1) is 20.8 Å². The summed E-state index contributed by atoms with van der Waals surface area (Å²) in [6, 6.07) is 12.0. The smallest absolute Gasteiger partial charge is 0.161 e. The standard InChI is InChI=1S/C17H20BrNO3/c1-20-11-12-6-4-5-7-15(12)19-10-13-8-16(21-2)17(22-3)9-14(13)18/h4-9,19H,10-11H2,1-3H3. The Morgan fingerprint density at radius 1 is 0.955 bits per heavy atom. The molecule has 2 aromatic rings. The van der Waals surface area contributed by atoms with Crippen LogP contribution in [-0.4, -0.2) is 21.3 Å². The highest BCUT2D eigenvalue weighted by Crippen LogP contribution is 2.33. The van der Waals surface area contributed by atoms with Crippen LogP contribution in [0.1, 0.15) is 11.1 Å². The second-order valence-electron chi connectivity index (χ2n) is 4.74. The van der Waals surface area contributed by atoms with Gasteiger partial charge in [-0.3, -0.25) is 0 Å². The second-order valence-corrected chi connectivity index (χ2v) is 5.60. The van der Waals surface area contributed by atoms with Crippen LogP contribution in [0.2, 0.25) is 0 Å². The van der Waals surface area contributed by atoms with E-state index >= 15 is 0 Å². The number of ether oxygens (including phenoxy) is 3. The van der Waals surface area contributed by atoms with Gasteiger partial charge in [-0.1, -0.05) is 34.1 Å². The zero-order valence-corrected chi connectivity index (χ0v) is 14.6. The van der Waals surface area contributed by atoms with Crippen LogP contribution in [0.25, 0.3) is 0 Å². The lowest BCUT2D eigenvalue weighted by Gasteiger charge is -2.15. The van der Waals surface area contributed by atoms with E-state index in [-0.39, 0.29) is 0 Å². The zero-order valence-electron chi connectivity index (χ0n) is 13.0. The average molecular weight is 366 g/mol. The van der Waals surface area contributed by atoms with Crippen molar-refractivity contribution >= 4 is 21.6 Å². The predicted molar refractivity (Wildman–Crippen MR) is 91.7 cm³/mol. The number of nitrogens with one attached hydrogen (secondary N) is 1. The lowest BCUT2D eigenvalue weighted by molar-refractivity contribution is 0.185. The molecular weight excluding hydrogens is 346 g/mol. The normalized spacial score (nSPS) is 10.4. The van der Waals surface area contributed by atoms with Crippen LogP contribution in [0.15, 0.2) is 40.9 Å². The number of halogens is 1. The van der Waals surface area contributed by atoms with E-state index in [9.17, 15) is 0 Å². The summed E-state index contributed by atoms with van der Waals surface area (Å²) in [5.74, 6) is 1.42. The van der Waals surface area contributed by atoms with Crippen molar-refractivity contribution in [2.75, 3.05) is 26.6 Å². The third kappa shape index (κ3) is 3.93. The highest BCUT2D eigenvalue weighted by atomic mass is 79.9. The van der Waals surface area contributed by atoms with Crippen molar-refractivity contribution in [3.63, 3.8) is 0 Å². The molecule has 0 atom stereocenters. The predicted octanol–water partition coefficient (Wildman–Crippen LogP) is 4.22. The fourth-order valence-electron chi connectivity index (χ4n) is 2.20. The average Bonchev–Trinajstić information content (AvgIpc) is 2.55. The lowest BCUT2D eigenvalue weighted by atomic mass is 10.1. The Labute approximate surface area is 139 Å². The van der Waals surface area contributed by atoms with E-state index in [1.165, 1.54) is 0 Å². The van der Waals surface area contributed by atoms with Gasteiger partial charge in [0.15, 0.2) is 11.5 Å². The third-order valence-electron chi connectivity index (χ3n) is 3.34. The summed E-state index contributed by atoms with van der Waals surface area (Å²) in [6.07, 6.45) is 0. The van der Waals surface area contributed by atoms with Crippen molar-refractivity contribution in [1.82, 2.24) is 0 Å². The number of anilines is 1. The van der Waals surface area contributed by atoms with Gasteiger partial charge in [-0.15, -0.1) is 0 Å².